The van der Waals surface area contributed by atoms with Gasteiger partial charge in [-0.05, 0) is 49.9 Å². The Kier molecular flexibility index (Phi) is 6.11. The van der Waals surface area contributed by atoms with Crippen LogP contribution in [0.3, 0.4) is 0 Å². The summed E-state index contributed by atoms with van der Waals surface area (Å²) in [6.07, 6.45) is 0. The zero-order valence-electron chi connectivity index (χ0n) is 10.1. The van der Waals surface area contributed by atoms with Gasteiger partial charge < -0.3 is 11.1 Å². The molecule has 0 saturated heterocycles. The standard InChI is InChI=1S/C12H15Br2ClN2O/c1-6(2)8(5-16)12(18)17-11-9(13)3-7(15)4-10(11)14/h3-4,6,8H,5,16H2,1-2H3,(H,17,18). The van der Waals surface area contributed by atoms with Gasteiger partial charge in [0.15, 0.2) is 0 Å². The van der Waals surface area contributed by atoms with Gasteiger partial charge in [0.25, 0.3) is 0 Å². The molecule has 0 aliphatic carbocycles. The van der Waals surface area contributed by atoms with Crippen molar-refractivity contribution in [3.05, 3.63) is 26.1 Å². The van der Waals surface area contributed by atoms with E-state index in [4.69, 9.17) is 17.3 Å². The van der Waals surface area contributed by atoms with Crippen LogP contribution >= 0.6 is 43.5 Å². The zero-order chi connectivity index (χ0) is 13.9. The minimum atomic E-state index is -0.209. The minimum Gasteiger partial charge on any atom is -0.330 e. The summed E-state index contributed by atoms with van der Waals surface area (Å²) in [5.74, 6) is -0.101. The molecule has 3 N–H and O–H groups in total. The molecule has 6 heteroatoms. The van der Waals surface area contributed by atoms with Crippen molar-refractivity contribution >= 4 is 55.1 Å². The molecule has 1 amide bonds. The number of amides is 1. The molecule has 0 aliphatic rings. The largest absolute Gasteiger partial charge is 0.330 e. The van der Waals surface area contributed by atoms with Gasteiger partial charge >= 0.3 is 0 Å². The number of anilines is 1. The van der Waals surface area contributed by atoms with Gasteiger partial charge in [-0.25, -0.2) is 0 Å². The van der Waals surface area contributed by atoms with E-state index in [1.165, 1.54) is 0 Å². The van der Waals surface area contributed by atoms with E-state index in [1.807, 2.05) is 13.8 Å². The van der Waals surface area contributed by atoms with E-state index >= 15 is 0 Å². The van der Waals surface area contributed by atoms with E-state index in [2.05, 4.69) is 37.2 Å². The SMILES string of the molecule is CC(C)C(CN)C(=O)Nc1c(Br)cc(Cl)cc1Br. The molecule has 1 unspecified atom stereocenters. The number of rotatable bonds is 4. The fourth-order valence-corrected chi connectivity index (χ4v) is 3.43. The molecule has 18 heavy (non-hydrogen) atoms. The van der Waals surface area contributed by atoms with Gasteiger partial charge in [-0.2, -0.15) is 0 Å². The van der Waals surface area contributed by atoms with E-state index in [-0.39, 0.29) is 17.7 Å². The highest BCUT2D eigenvalue weighted by atomic mass is 79.9. The first-order valence-corrected chi connectivity index (χ1v) is 7.48. The van der Waals surface area contributed by atoms with Crippen molar-refractivity contribution in [1.29, 1.82) is 0 Å². The molecule has 0 bridgehead atoms. The van der Waals surface area contributed by atoms with Crippen LogP contribution in [-0.4, -0.2) is 12.5 Å². The average molecular weight is 399 g/mol. The molecule has 1 rings (SSSR count). The van der Waals surface area contributed by atoms with Crippen LogP contribution in [0.2, 0.25) is 5.02 Å². The fourth-order valence-electron chi connectivity index (χ4n) is 1.56. The number of carbonyl (C=O) groups is 1. The third kappa shape index (κ3) is 3.95. The number of nitrogens with two attached hydrogens (primary N) is 1. The Balaban J connectivity index is 2.95. The van der Waals surface area contributed by atoms with Crippen LogP contribution in [0, 0.1) is 11.8 Å². The number of hydrogen-bond donors (Lipinski definition) is 2. The van der Waals surface area contributed by atoms with Crippen molar-refractivity contribution < 1.29 is 4.79 Å². The highest BCUT2D eigenvalue weighted by Gasteiger charge is 2.22. The number of carbonyl (C=O) groups excluding carboxylic acids is 1. The van der Waals surface area contributed by atoms with Crippen LogP contribution in [0.25, 0.3) is 0 Å². The van der Waals surface area contributed by atoms with Crippen molar-refractivity contribution in [2.45, 2.75) is 13.8 Å². The number of halogens is 3. The summed E-state index contributed by atoms with van der Waals surface area (Å²) in [6, 6.07) is 3.46. The Morgan fingerprint density at radius 3 is 2.28 bits per heavy atom. The maximum absolute atomic E-state index is 12.1. The van der Waals surface area contributed by atoms with E-state index < -0.39 is 0 Å². The van der Waals surface area contributed by atoms with Crippen LogP contribution in [0.4, 0.5) is 5.69 Å². The first-order valence-electron chi connectivity index (χ1n) is 5.52. The highest BCUT2D eigenvalue weighted by Crippen LogP contribution is 2.34. The predicted octanol–water partition coefficient (Wildman–Crippen LogP) is 4.03. The van der Waals surface area contributed by atoms with Crippen LogP contribution in [0.1, 0.15) is 13.8 Å². The molecule has 0 spiro atoms. The van der Waals surface area contributed by atoms with Crippen LogP contribution in [-0.2, 0) is 4.79 Å². The molecular weight excluding hydrogens is 383 g/mol. The Morgan fingerprint density at radius 2 is 1.89 bits per heavy atom. The molecule has 0 saturated carbocycles. The first-order chi connectivity index (χ1) is 8.36. The van der Waals surface area contributed by atoms with Gasteiger partial charge in [0.05, 0.1) is 11.6 Å². The molecule has 0 radical (unpaired) electrons. The van der Waals surface area contributed by atoms with Crippen molar-refractivity contribution in [2.75, 3.05) is 11.9 Å². The van der Waals surface area contributed by atoms with Crippen molar-refractivity contribution in [3.63, 3.8) is 0 Å². The van der Waals surface area contributed by atoms with Crippen molar-refractivity contribution in [3.8, 4) is 0 Å². The van der Waals surface area contributed by atoms with E-state index in [1.54, 1.807) is 12.1 Å². The Labute approximate surface area is 129 Å². The summed E-state index contributed by atoms with van der Waals surface area (Å²) < 4.78 is 1.46. The van der Waals surface area contributed by atoms with Gasteiger partial charge in [-0.1, -0.05) is 25.4 Å². The van der Waals surface area contributed by atoms with Gasteiger partial charge in [0, 0.05) is 20.5 Å². The molecule has 1 aromatic rings. The number of hydrogen-bond acceptors (Lipinski definition) is 2. The lowest BCUT2D eigenvalue weighted by Crippen LogP contribution is -2.33. The molecule has 0 aliphatic heterocycles. The maximum atomic E-state index is 12.1. The van der Waals surface area contributed by atoms with Gasteiger partial charge in [0.2, 0.25) is 5.91 Å². The number of nitrogens with one attached hydrogen (secondary N) is 1. The summed E-state index contributed by atoms with van der Waals surface area (Å²) in [7, 11) is 0. The average Bonchev–Trinajstić information content (AvgIpc) is 2.23. The summed E-state index contributed by atoms with van der Waals surface area (Å²) in [5.41, 5.74) is 6.29. The fraction of sp³-hybridized carbons (Fsp3) is 0.417. The van der Waals surface area contributed by atoms with Crippen molar-refractivity contribution in [2.24, 2.45) is 17.6 Å². The predicted molar refractivity (Wildman–Crippen MR) is 82.9 cm³/mol. The van der Waals surface area contributed by atoms with Crippen LogP contribution < -0.4 is 11.1 Å². The quantitative estimate of drug-likeness (QED) is 0.804. The number of benzene rings is 1. The molecule has 0 aromatic heterocycles. The topological polar surface area (TPSA) is 55.1 Å². The molecule has 0 fully saturated rings. The lowest BCUT2D eigenvalue weighted by Gasteiger charge is -2.19. The summed E-state index contributed by atoms with van der Waals surface area (Å²) in [5, 5.41) is 3.46. The van der Waals surface area contributed by atoms with E-state index in [0.717, 1.165) is 8.95 Å². The summed E-state index contributed by atoms with van der Waals surface area (Å²) >= 11 is 12.7. The third-order valence-electron chi connectivity index (χ3n) is 2.65. The second-order valence-corrected chi connectivity index (χ2v) is 6.47. The van der Waals surface area contributed by atoms with Gasteiger partial charge in [0.1, 0.15) is 0 Å². The third-order valence-corrected chi connectivity index (χ3v) is 4.12. The normalized spacial score (nSPS) is 12.6. The Hall–Kier alpha value is -0.100. The molecule has 3 nitrogen and oxygen atoms in total. The second kappa shape index (κ2) is 6.89. The van der Waals surface area contributed by atoms with Crippen LogP contribution in [0.5, 0.6) is 0 Å². The molecular formula is C12H15Br2ClN2O. The summed E-state index contributed by atoms with van der Waals surface area (Å²) in [6.45, 7) is 4.28. The zero-order valence-corrected chi connectivity index (χ0v) is 14.1. The maximum Gasteiger partial charge on any atom is 0.229 e. The molecule has 1 atom stereocenters. The van der Waals surface area contributed by atoms with Crippen molar-refractivity contribution in [1.82, 2.24) is 0 Å². The Morgan fingerprint density at radius 1 is 1.39 bits per heavy atom. The lowest BCUT2D eigenvalue weighted by molar-refractivity contribution is -0.120. The monoisotopic (exact) mass is 396 g/mol. The molecule has 100 valence electrons. The first kappa shape index (κ1) is 16.0. The highest BCUT2D eigenvalue weighted by molar-refractivity contribution is 9.11. The molecule has 1 aromatic carbocycles. The minimum absolute atomic E-state index is 0.0868. The summed E-state index contributed by atoms with van der Waals surface area (Å²) in [4.78, 5) is 12.1. The van der Waals surface area contributed by atoms with Crippen LogP contribution in [0.15, 0.2) is 21.1 Å². The van der Waals surface area contributed by atoms with E-state index in [0.29, 0.717) is 17.3 Å². The Bertz CT molecular complexity index is 429. The lowest BCUT2D eigenvalue weighted by atomic mass is 9.95. The van der Waals surface area contributed by atoms with Gasteiger partial charge in [-0.3, -0.25) is 4.79 Å². The van der Waals surface area contributed by atoms with Gasteiger partial charge in [-0.15, -0.1) is 0 Å². The molecule has 0 heterocycles. The van der Waals surface area contributed by atoms with E-state index in [9.17, 15) is 4.79 Å². The smallest absolute Gasteiger partial charge is 0.229 e. The second-order valence-electron chi connectivity index (χ2n) is 4.32.